The van der Waals surface area contributed by atoms with Gasteiger partial charge in [0.15, 0.2) is 10.9 Å². The molecule has 0 bridgehead atoms. The largest absolute Gasteiger partial charge is 0.486 e. The highest BCUT2D eigenvalue weighted by Crippen LogP contribution is 2.38. The number of benzene rings is 3. The van der Waals surface area contributed by atoms with Gasteiger partial charge in [0.2, 0.25) is 0 Å². The van der Waals surface area contributed by atoms with Crippen LogP contribution in [0, 0.1) is 5.82 Å². The summed E-state index contributed by atoms with van der Waals surface area (Å²) < 4.78 is 20.1. The van der Waals surface area contributed by atoms with E-state index in [0.717, 1.165) is 0 Å². The maximum absolute atomic E-state index is 13.8. The van der Waals surface area contributed by atoms with E-state index < -0.39 is 0 Å². The molecule has 0 atom stereocenters. The van der Waals surface area contributed by atoms with Crippen LogP contribution in [-0.4, -0.2) is 11.1 Å². The van der Waals surface area contributed by atoms with Crippen LogP contribution in [0.1, 0.15) is 11.1 Å². The quantitative estimate of drug-likeness (QED) is 0.308. The van der Waals surface area contributed by atoms with Crippen molar-refractivity contribution in [2.75, 3.05) is 0 Å². The standard InChI is InChI=1S/C23H13BrCl3FN2O2S/c24-14-8-12(9-16(26)21(14)32-11-13-4-1-2-6-17(13)28)10-19-22(31)30-23(33-19)29-18-7-3-5-15(25)20(18)27/h1-10H,11H2,(H,29,30,31)/b19-10-. The molecule has 1 saturated heterocycles. The predicted molar refractivity (Wildman–Crippen MR) is 137 cm³/mol. The van der Waals surface area contributed by atoms with Crippen molar-refractivity contribution < 1.29 is 13.9 Å². The van der Waals surface area contributed by atoms with Gasteiger partial charge in [-0.25, -0.2) is 9.38 Å². The van der Waals surface area contributed by atoms with Gasteiger partial charge in [-0.1, -0.05) is 59.1 Å². The molecule has 3 aromatic carbocycles. The zero-order valence-corrected chi connectivity index (χ0v) is 21.2. The zero-order chi connectivity index (χ0) is 23.5. The second kappa shape index (κ2) is 10.5. The van der Waals surface area contributed by atoms with E-state index in [-0.39, 0.29) is 18.3 Å². The Morgan fingerprint density at radius 2 is 1.88 bits per heavy atom. The van der Waals surface area contributed by atoms with Crippen LogP contribution in [0.15, 0.2) is 69.0 Å². The van der Waals surface area contributed by atoms with E-state index in [9.17, 15) is 9.18 Å². The van der Waals surface area contributed by atoms with E-state index in [1.807, 2.05) is 0 Å². The highest BCUT2D eigenvalue weighted by Gasteiger charge is 2.24. The topological polar surface area (TPSA) is 50.7 Å². The first kappa shape index (κ1) is 24.1. The number of nitrogens with zero attached hydrogens (tertiary/aromatic N) is 1. The summed E-state index contributed by atoms with van der Waals surface area (Å²) in [7, 11) is 0. The predicted octanol–water partition coefficient (Wildman–Crippen LogP) is 8.02. The second-order valence-corrected chi connectivity index (χ2v) is 9.83. The molecule has 0 unspecified atom stereocenters. The van der Waals surface area contributed by atoms with Gasteiger partial charge in [-0.2, -0.15) is 0 Å². The summed E-state index contributed by atoms with van der Waals surface area (Å²) in [6.45, 7) is 0.0234. The molecule has 1 amide bonds. The van der Waals surface area contributed by atoms with Gasteiger partial charge >= 0.3 is 0 Å². The number of aliphatic imine (C=N–C) groups is 1. The van der Waals surface area contributed by atoms with E-state index in [4.69, 9.17) is 39.5 Å². The third-order valence-corrected chi connectivity index (χ3v) is 7.04. The van der Waals surface area contributed by atoms with Crippen molar-refractivity contribution in [1.29, 1.82) is 0 Å². The van der Waals surface area contributed by atoms with Crippen LogP contribution in [0.2, 0.25) is 15.1 Å². The number of thioether (sulfide) groups is 1. The lowest BCUT2D eigenvalue weighted by molar-refractivity contribution is -0.115. The van der Waals surface area contributed by atoms with Gasteiger partial charge in [0.25, 0.3) is 5.91 Å². The van der Waals surface area contributed by atoms with E-state index in [2.05, 4.69) is 26.2 Å². The Hall–Kier alpha value is -2.03. The molecule has 0 saturated carbocycles. The van der Waals surface area contributed by atoms with E-state index in [1.165, 1.54) is 17.8 Å². The van der Waals surface area contributed by atoms with E-state index in [1.54, 1.807) is 54.6 Å². The van der Waals surface area contributed by atoms with Gasteiger partial charge in [0.05, 0.1) is 30.1 Å². The number of halogens is 5. The number of hydrogen-bond donors (Lipinski definition) is 1. The summed E-state index contributed by atoms with van der Waals surface area (Å²) in [5.41, 5.74) is 1.54. The fraction of sp³-hybridized carbons (Fsp3) is 0.0435. The molecule has 33 heavy (non-hydrogen) atoms. The highest BCUT2D eigenvalue weighted by molar-refractivity contribution is 9.10. The van der Waals surface area contributed by atoms with Crippen molar-refractivity contribution in [3.05, 3.63) is 96.0 Å². The van der Waals surface area contributed by atoms with Crippen LogP contribution in [0.5, 0.6) is 5.75 Å². The molecule has 1 heterocycles. The maximum atomic E-state index is 13.8. The van der Waals surface area contributed by atoms with Crippen LogP contribution in [0.25, 0.3) is 6.08 Å². The Morgan fingerprint density at radius 1 is 1.09 bits per heavy atom. The molecule has 4 rings (SSSR count). The fourth-order valence-electron chi connectivity index (χ4n) is 2.89. The van der Waals surface area contributed by atoms with Gasteiger partial charge in [-0.15, -0.1) is 0 Å². The number of carbonyl (C=O) groups excluding carboxylic acids is 1. The second-order valence-electron chi connectivity index (χ2n) is 6.75. The molecule has 4 nitrogen and oxygen atoms in total. The minimum Gasteiger partial charge on any atom is -0.486 e. The number of rotatable bonds is 5. The summed E-state index contributed by atoms with van der Waals surface area (Å²) in [4.78, 5) is 17.2. The van der Waals surface area contributed by atoms with Crippen LogP contribution in [0.4, 0.5) is 10.1 Å². The molecular formula is C23H13BrCl3FN2O2S. The van der Waals surface area contributed by atoms with Gasteiger partial charge in [-0.05, 0) is 69.7 Å². The van der Waals surface area contributed by atoms with Crippen LogP contribution < -0.4 is 10.1 Å². The van der Waals surface area contributed by atoms with Crippen molar-refractivity contribution in [2.24, 2.45) is 4.99 Å². The molecular weight excluding hydrogens is 574 g/mol. The monoisotopic (exact) mass is 584 g/mol. The van der Waals surface area contributed by atoms with Gasteiger partial charge in [-0.3, -0.25) is 4.79 Å². The third-order valence-electron chi connectivity index (χ3n) is 4.45. The molecule has 0 aromatic heterocycles. The van der Waals surface area contributed by atoms with Crippen molar-refractivity contribution >= 4 is 85.3 Å². The summed E-state index contributed by atoms with van der Waals surface area (Å²) in [5.74, 6) is -0.278. The average molecular weight is 587 g/mol. The van der Waals surface area contributed by atoms with Gasteiger partial charge in [0, 0.05) is 5.56 Å². The van der Waals surface area contributed by atoms with Crippen LogP contribution >= 0.6 is 62.5 Å². The van der Waals surface area contributed by atoms with E-state index in [0.29, 0.717) is 52.2 Å². The Bertz CT molecular complexity index is 1290. The van der Waals surface area contributed by atoms with Crippen molar-refractivity contribution in [1.82, 2.24) is 5.32 Å². The number of amides is 1. The minimum atomic E-state index is -0.355. The Balaban J connectivity index is 1.53. The minimum absolute atomic E-state index is 0.0234. The SMILES string of the molecule is O=C1NC(=Nc2cccc(Cl)c2Cl)S/C1=C\c1cc(Cl)c(OCc2ccccc2F)c(Br)c1. The highest BCUT2D eigenvalue weighted by atomic mass is 79.9. The van der Waals surface area contributed by atoms with Crippen molar-refractivity contribution in [3.8, 4) is 5.75 Å². The molecule has 1 aliphatic heterocycles. The summed E-state index contributed by atoms with van der Waals surface area (Å²) in [6, 6.07) is 14.8. The smallest absolute Gasteiger partial charge is 0.264 e. The lowest BCUT2D eigenvalue weighted by Crippen LogP contribution is -2.19. The first-order chi connectivity index (χ1) is 15.8. The molecule has 10 heteroatoms. The molecule has 1 N–H and O–H groups in total. The normalized spacial score (nSPS) is 15.8. The number of ether oxygens (including phenoxy) is 1. The summed E-state index contributed by atoms with van der Waals surface area (Å²) in [5, 5.41) is 4.08. The molecule has 0 aliphatic carbocycles. The Kier molecular flexibility index (Phi) is 7.66. The molecule has 0 spiro atoms. The molecule has 1 fully saturated rings. The van der Waals surface area contributed by atoms with E-state index >= 15 is 0 Å². The summed E-state index contributed by atoms with van der Waals surface area (Å²) in [6.07, 6.45) is 1.68. The Labute approximate surface area is 216 Å². The van der Waals surface area contributed by atoms with Crippen molar-refractivity contribution in [3.63, 3.8) is 0 Å². The van der Waals surface area contributed by atoms with Gasteiger partial charge < -0.3 is 10.1 Å². The van der Waals surface area contributed by atoms with Gasteiger partial charge in [0.1, 0.15) is 12.4 Å². The third kappa shape index (κ3) is 5.73. The fourth-order valence-corrected chi connectivity index (χ4v) is 5.05. The number of hydrogen-bond acceptors (Lipinski definition) is 4. The lowest BCUT2D eigenvalue weighted by Gasteiger charge is -2.12. The number of carbonyl (C=O) groups is 1. The average Bonchev–Trinajstić information content (AvgIpc) is 3.10. The molecule has 3 aromatic rings. The lowest BCUT2D eigenvalue weighted by atomic mass is 10.2. The Morgan fingerprint density at radius 3 is 2.64 bits per heavy atom. The molecule has 168 valence electrons. The first-order valence-electron chi connectivity index (χ1n) is 9.40. The molecule has 0 radical (unpaired) electrons. The van der Waals surface area contributed by atoms with Crippen molar-refractivity contribution in [2.45, 2.75) is 6.61 Å². The van der Waals surface area contributed by atoms with Crippen LogP contribution in [0.3, 0.4) is 0 Å². The number of amidine groups is 1. The summed E-state index contributed by atoms with van der Waals surface area (Å²) >= 11 is 23.2. The maximum Gasteiger partial charge on any atom is 0.264 e. The van der Waals surface area contributed by atoms with Crippen LogP contribution in [-0.2, 0) is 11.4 Å². The molecule has 1 aliphatic rings. The first-order valence-corrected chi connectivity index (χ1v) is 12.1. The zero-order valence-electron chi connectivity index (χ0n) is 16.5. The number of nitrogens with one attached hydrogen (secondary N) is 1.